The van der Waals surface area contributed by atoms with Crippen LogP contribution in [0.3, 0.4) is 0 Å². The van der Waals surface area contributed by atoms with Crippen LogP contribution in [0.1, 0.15) is 24.0 Å². The molecule has 1 aliphatic rings. The third-order valence-corrected chi connectivity index (χ3v) is 2.23. The topological polar surface area (TPSA) is 47.3 Å². The zero-order valence-corrected chi connectivity index (χ0v) is 7.75. The van der Waals surface area contributed by atoms with Gasteiger partial charge in [0.1, 0.15) is 5.76 Å². The summed E-state index contributed by atoms with van der Waals surface area (Å²) in [5.41, 5.74) is 0. The molecule has 1 aliphatic heterocycles. The standard InChI is InChI=1S/C9H14N2O2/c1-10-5-9-11-4-8(13-9)7-2-3-12-6-7/h4,7,10H,2-3,5-6H2,1H3. The monoisotopic (exact) mass is 182 g/mol. The summed E-state index contributed by atoms with van der Waals surface area (Å²) in [6.45, 7) is 2.30. The summed E-state index contributed by atoms with van der Waals surface area (Å²) in [5.74, 6) is 2.13. The van der Waals surface area contributed by atoms with Crippen molar-refractivity contribution in [1.29, 1.82) is 0 Å². The van der Waals surface area contributed by atoms with Crippen LogP contribution in [0, 0.1) is 0 Å². The predicted molar refractivity (Wildman–Crippen MR) is 47.4 cm³/mol. The van der Waals surface area contributed by atoms with Crippen molar-refractivity contribution in [3.05, 3.63) is 17.8 Å². The molecule has 4 nitrogen and oxygen atoms in total. The number of hydrogen-bond donors (Lipinski definition) is 1. The molecule has 1 N–H and O–H groups in total. The van der Waals surface area contributed by atoms with Crippen molar-refractivity contribution in [2.45, 2.75) is 18.9 Å². The molecule has 72 valence electrons. The Kier molecular flexibility index (Phi) is 2.61. The van der Waals surface area contributed by atoms with Crippen molar-refractivity contribution in [2.24, 2.45) is 0 Å². The van der Waals surface area contributed by atoms with Gasteiger partial charge in [0.15, 0.2) is 0 Å². The lowest BCUT2D eigenvalue weighted by atomic mass is 10.1. The molecule has 2 rings (SSSR count). The van der Waals surface area contributed by atoms with E-state index in [0.29, 0.717) is 12.5 Å². The molecule has 0 amide bonds. The minimum atomic E-state index is 0.415. The van der Waals surface area contributed by atoms with Crippen molar-refractivity contribution < 1.29 is 9.15 Å². The molecule has 1 unspecified atom stereocenters. The van der Waals surface area contributed by atoms with Gasteiger partial charge in [0.05, 0.1) is 19.3 Å². The lowest BCUT2D eigenvalue weighted by Gasteiger charge is -2.00. The summed E-state index contributed by atoms with van der Waals surface area (Å²) in [6, 6.07) is 0. The normalized spacial score (nSPS) is 22.4. The molecule has 4 heteroatoms. The molecule has 0 bridgehead atoms. The molecule has 1 fully saturated rings. The fourth-order valence-electron chi connectivity index (χ4n) is 1.50. The van der Waals surface area contributed by atoms with Crippen LogP contribution in [0.5, 0.6) is 0 Å². The maximum absolute atomic E-state index is 5.55. The van der Waals surface area contributed by atoms with Crippen LogP contribution in [-0.2, 0) is 11.3 Å². The van der Waals surface area contributed by atoms with E-state index in [4.69, 9.17) is 9.15 Å². The predicted octanol–water partition coefficient (Wildman–Crippen LogP) is 0.898. The van der Waals surface area contributed by atoms with Crippen molar-refractivity contribution in [3.8, 4) is 0 Å². The SMILES string of the molecule is CNCc1ncc(C2CCOC2)o1. The molecule has 0 aliphatic carbocycles. The first kappa shape index (κ1) is 8.72. The summed E-state index contributed by atoms with van der Waals surface area (Å²) in [7, 11) is 1.88. The highest BCUT2D eigenvalue weighted by Crippen LogP contribution is 2.25. The number of nitrogens with zero attached hydrogens (tertiary/aromatic N) is 1. The lowest BCUT2D eigenvalue weighted by Crippen LogP contribution is -2.04. The number of aromatic nitrogens is 1. The smallest absolute Gasteiger partial charge is 0.208 e. The van der Waals surface area contributed by atoms with Crippen molar-refractivity contribution in [1.82, 2.24) is 10.3 Å². The first-order valence-corrected chi connectivity index (χ1v) is 4.57. The van der Waals surface area contributed by atoms with E-state index >= 15 is 0 Å². The molecule has 1 aromatic rings. The Labute approximate surface area is 77.3 Å². The fraction of sp³-hybridized carbons (Fsp3) is 0.667. The van der Waals surface area contributed by atoms with Gasteiger partial charge < -0.3 is 14.5 Å². The van der Waals surface area contributed by atoms with Crippen LogP contribution >= 0.6 is 0 Å². The number of nitrogens with one attached hydrogen (secondary N) is 1. The Hall–Kier alpha value is -0.870. The summed E-state index contributed by atoms with van der Waals surface area (Å²) < 4.78 is 10.8. The number of rotatable bonds is 3. The highest BCUT2D eigenvalue weighted by molar-refractivity contribution is 5.03. The van der Waals surface area contributed by atoms with E-state index in [1.807, 2.05) is 13.2 Å². The van der Waals surface area contributed by atoms with Crippen LogP contribution in [0.2, 0.25) is 0 Å². The highest BCUT2D eigenvalue weighted by atomic mass is 16.5. The van der Waals surface area contributed by atoms with Crippen LogP contribution in [0.4, 0.5) is 0 Å². The molecule has 13 heavy (non-hydrogen) atoms. The molecule has 0 radical (unpaired) electrons. The Bertz CT molecular complexity index is 266. The van der Waals surface area contributed by atoms with Gasteiger partial charge in [-0.15, -0.1) is 0 Å². The molecule has 2 heterocycles. The van der Waals surface area contributed by atoms with E-state index < -0.39 is 0 Å². The van der Waals surface area contributed by atoms with Crippen LogP contribution in [0.25, 0.3) is 0 Å². The van der Waals surface area contributed by atoms with Gasteiger partial charge in [0.2, 0.25) is 5.89 Å². The minimum absolute atomic E-state index is 0.415. The van der Waals surface area contributed by atoms with Crippen molar-refractivity contribution in [2.75, 3.05) is 20.3 Å². The Balaban J connectivity index is 2.03. The van der Waals surface area contributed by atoms with Gasteiger partial charge in [-0.25, -0.2) is 4.98 Å². The van der Waals surface area contributed by atoms with Gasteiger partial charge in [0.25, 0.3) is 0 Å². The van der Waals surface area contributed by atoms with Gasteiger partial charge in [-0.3, -0.25) is 0 Å². The van der Waals surface area contributed by atoms with Gasteiger partial charge in [0, 0.05) is 12.5 Å². The maximum atomic E-state index is 5.55. The third-order valence-electron chi connectivity index (χ3n) is 2.23. The number of ether oxygens (including phenoxy) is 1. The van der Waals surface area contributed by atoms with Crippen molar-refractivity contribution >= 4 is 0 Å². The summed E-state index contributed by atoms with van der Waals surface area (Å²) in [5, 5.41) is 3.00. The molecule has 0 spiro atoms. The molecule has 0 aromatic carbocycles. The van der Waals surface area contributed by atoms with E-state index in [1.165, 1.54) is 0 Å². The summed E-state index contributed by atoms with van der Waals surface area (Å²) in [6.07, 6.45) is 2.86. The Morgan fingerprint density at radius 2 is 2.62 bits per heavy atom. The lowest BCUT2D eigenvalue weighted by molar-refractivity contribution is 0.191. The molecule has 1 aromatic heterocycles. The van der Waals surface area contributed by atoms with E-state index in [1.54, 1.807) is 0 Å². The average Bonchev–Trinajstić information content (AvgIpc) is 2.70. The van der Waals surface area contributed by atoms with Gasteiger partial charge >= 0.3 is 0 Å². The largest absolute Gasteiger partial charge is 0.444 e. The zero-order chi connectivity index (χ0) is 9.10. The fourth-order valence-corrected chi connectivity index (χ4v) is 1.50. The second-order valence-corrected chi connectivity index (χ2v) is 3.25. The van der Waals surface area contributed by atoms with E-state index in [2.05, 4.69) is 10.3 Å². The molecule has 1 saturated heterocycles. The van der Waals surface area contributed by atoms with Gasteiger partial charge in [-0.1, -0.05) is 0 Å². The minimum Gasteiger partial charge on any atom is -0.444 e. The number of hydrogen-bond acceptors (Lipinski definition) is 4. The molecular weight excluding hydrogens is 168 g/mol. The molecule has 0 saturated carbocycles. The van der Waals surface area contributed by atoms with Gasteiger partial charge in [-0.05, 0) is 13.5 Å². The molecule has 1 atom stereocenters. The number of oxazole rings is 1. The maximum Gasteiger partial charge on any atom is 0.208 e. The Morgan fingerprint density at radius 1 is 1.69 bits per heavy atom. The second-order valence-electron chi connectivity index (χ2n) is 3.25. The first-order valence-electron chi connectivity index (χ1n) is 4.57. The Morgan fingerprint density at radius 3 is 3.31 bits per heavy atom. The average molecular weight is 182 g/mol. The summed E-state index contributed by atoms with van der Waals surface area (Å²) in [4.78, 5) is 4.17. The molecular formula is C9H14N2O2. The van der Waals surface area contributed by atoms with Crippen LogP contribution in [-0.4, -0.2) is 25.2 Å². The van der Waals surface area contributed by atoms with E-state index in [9.17, 15) is 0 Å². The van der Waals surface area contributed by atoms with Crippen molar-refractivity contribution in [3.63, 3.8) is 0 Å². The zero-order valence-electron chi connectivity index (χ0n) is 7.75. The van der Waals surface area contributed by atoms with Gasteiger partial charge in [-0.2, -0.15) is 0 Å². The second kappa shape index (κ2) is 3.89. The van der Waals surface area contributed by atoms with E-state index in [-0.39, 0.29) is 0 Å². The first-order chi connectivity index (χ1) is 6.40. The van der Waals surface area contributed by atoms with Crippen LogP contribution < -0.4 is 5.32 Å². The summed E-state index contributed by atoms with van der Waals surface area (Å²) >= 11 is 0. The van der Waals surface area contributed by atoms with Crippen LogP contribution in [0.15, 0.2) is 10.6 Å². The van der Waals surface area contributed by atoms with E-state index in [0.717, 1.165) is 31.3 Å². The highest BCUT2D eigenvalue weighted by Gasteiger charge is 2.21. The quantitative estimate of drug-likeness (QED) is 0.754. The third kappa shape index (κ3) is 1.89.